The van der Waals surface area contributed by atoms with Crippen LogP contribution in [0.2, 0.25) is 0 Å². The fourth-order valence-electron chi connectivity index (χ4n) is 1.63. The van der Waals surface area contributed by atoms with Crippen molar-refractivity contribution in [1.29, 1.82) is 0 Å². The van der Waals surface area contributed by atoms with Crippen LogP contribution < -0.4 is 5.32 Å². The Bertz CT molecular complexity index is 363. The summed E-state index contributed by atoms with van der Waals surface area (Å²) in [5.41, 5.74) is 1.98. The predicted octanol–water partition coefficient (Wildman–Crippen LogP) is 1.71. The van der Waals surface area contributed by atoms with Gasteiger partial charge in [0.2, 0.25) is 0 Å². The molecule has 0 saturated carbocycles. The van der Waals surface area contributed by atoms with Gasteiger partial charge in [0.25, 0.3) is 0 Å². The van der Waals surface area contributed by atoms with Crippen LogP contribution in [0.4, 0.5) is 5.69 Å². The molecule has 0 aliphatic heterocycles. The van der Waals surface area contributed by atoms with Gasteiger partial charge in [0.1, 0.15) is 0 Å². The second-order valence-corrected chi connectivity index (χ2v) is 4.34. The molecule has 0 unspecified atom stereocenters. The van der Waals surface area contributed by atoms with Crippen molar-refractivity contribution in [1.82, 2.24) is 4.98 Å². The van der Waals surface area contributed by atoms with E-state index in [1.807, 2.05) is 12.1 Å². The molecule has 0 amide bonds. The summed E-state index contributed by atoms with van der Waals surface area (Å²) in [6.45, 7) is 6.92. The highest BCUT2D eigenvalue weighted by Gasteiger charge is 1.97. The van der Waals surface area contributed by atoms with Crippen LogP contribution in [0, 0.1) is 0 Å². The van der Waals surface area contributed by atoms with E-state index >= 15 is 0 Å². The minimum atomic E-state index is 0.493. The smallest absolute Gasteiger partial charge is 0.0889 e. The van der Waals surface area contributed by atoms with E-state index in [0.717, 1.165) is 17.9 Å². The number of aromatic nitrogens is 1. The first-order valence-corrected chi connectivity index (χ1v) is 7.27. The van der Waals surface area contributed by atoms with E-state index in [9.17, 15) is 0 Å². The van der Waals surface area contributed by atoms with Crippen LogP contribution >= 0.6 is 0 Å². The molecule has 0 spiro atoms. The minimum Gasteiger partial charge on any atom is -0.385 e. The number of rotatable bonds is 13. The molecule has 0 aliphatic carbocycles. The molecule has 1 heterocycles. The number of hydrogen-bond acceptors (Lipinski definition) is 6. The summed E-state index contributed by atoms with van der Waals surface area (Å²) < 4.78 is 21.1. The zero-order chi connectivity index (χ0) is 15.2. The highest BCUT2D eigenvalue weighted by molar-refractivity contribution is 5.42. The Hall–Kier alpha value is -1.21. The topological polar surface area (TPSA) is 61.8 Å². The van der Waals surface area contributed by atoms with Crippen molar-refractivity contribution in [3.05, 3.63) is 24.0 Å². The number of ether oxygens (including phenoxy) is 4. The van der Waals surface area contributed by atoms with Gasteiger partial charge in [0, 0.05) is 25.5 Å². The van der Waals surface area contributed by atoms with E-state index in [0.29, 0.717) is 46.2 Å². The van der Waals surface area contributed by atoms with Crippen molar-refractivity contribution in [3.63, 3.8) is 0 Å². The monoisotopic (exact) mass is 298 g/mol. The van der Waals surface area contributed by atoms with Gasteiger partial charge in [0.15, 0.2) is 0 Å². The molecular weight excluding hydrogens is 272 g/mol. The fraction of sp³-hybridized carbons (Fsp3) is 0.667. The molecule has 120 valence electrons. The summed E-state index contributed by atoms with van der Waals surface area (Å²) in [7, 11) is 1.65. The van der Waals surface area contributed by atoms with Crippen LogP contribution in [-0.2, 0) is 25.6 Å². The highest BCUT2D eigenvalue weighted by Crippen LogP contribution is 2.08. The second-order valence-electron chi connectivity index (χ2n) is 4.34. The van der Waals surface area contributed by atoms with Crippen molar-refractivity contribution in [2.24, 2.45) is 0 Å². The van der Waals surface area contributed by atoms with E-state index < -0.39 is 0 Å². The Morgan fingerprint density at radius 3 is 2.33 bits per heavy atom. The van der Waals surface area contributed by atoms with Crippen molar-refractivity contribution in [2.45, 2.75) is 13.5 Å². The molecule has 21 heavy (non-hydrogen) atoms. The van der Waals surface area contributed by atoms with Crippen molar-refractivity contribution < 1.29 is 18.9 Å². The summed E-state index contributed by atoms with van der Waals surface area (Å²) in [5, 5.41) is 3.24. The van der Waals surface area contributed by atoms with E-state index in [1.165, 1.54) is 0 Å². The third-order valence-corrected chi connectivity index (χ3v) is 2.62. The molecule has 1 N–H and O–H groups in total. The van der Waals surface area contributed by atoms with Crippen LogP contribution in [0.15, 0.2) is 18.3 Å². The molecule has 0 radical (unpaired) electrons. The van der Waals surface area contributed by atoms with Gasteiger partial charge in [0.05, 0.1) is 51.9 Å². The zero-order valence-corrected chi connectivity index (χ0v) is 13.0. The summed E-state index contributed by atoms with van der Waals surface area (Å²) in [4.78, 5) is 4.26. The first kappa shape index (κ1) is 17.8. The van der Waals surface area contributed by atoms with Gasteiger partial charge in [-0.05, 0) is 19.1 Å². The van der Waals surface area contributed by atoms with Gasteiger partial charge < -0.3 is 24.3 Å². The van der Waals surface area contributed by atoms with Gasteiger partial charge >= 0.3 is 0 Å². The van der Waals surface area contributed by atoms with Crippen molar-refractivity contribution in [2.75, 3.05) is 58.6 Å². The zero-order valence-electron chi connectivity index (χ0n) is 13.0. The van der Waals surface area contributed by atoms with Crippen LogP contribution in [-0.4, -0.2) is 58.3 Å². The Balaban J connectivity index is 1.97. The number of hydrogen-bond donors (Lipinski definition) is 1. The quantitative estimate of drug-likeness (QED) is 0.559. The molecule has 0 bridgehead atoms. The van der Waals surface area contributed by atoms with Crippen LogP contribution in [0.1, 0.15) is 12.6 Å². The third-order valence-electron chi connectivity index (χ3n) is 2.62. The Labute approximate surface area is 126 Å². The molecule has 0 aliphatic rings. The first-order valence-electron chi connectivity index (χ1n) is 7.27. The van der Waals surface area contributed by atoms with Crippen LogP contribution in [0.25, 0.3) is 0 Å². The van der Waals surface area contributed by atoms with Crippen LogP contribution in [0.5, 0.6) is 0 Å². The lowest BCUT2D eigenvalue weighted by atomic mass is 10.3. The van der Waals surface area contributed by atoms with E-state index in [4.69, 9.17) is 18.9 Å². The summed E-state index contributed by atoms with van der Waals surface area (Å²) >= 11 is 0. The van der Waals surface area contributed by atoms with E-state index in [-0.39, 0.29) is 0 Å². The van der Waals surface area contributed by atoms with Gasteiger partial charge in [-0.1, -0.05) is 0 Å². The molecule has 6 nitrogen and oxygen atoms in total. The summed E-state index contributed by atoms with van der Waals surface area (Å²) in [5.74, 6) is 0. The van der Waals surface area contributed by atoms with Gasteiger partial charge in [-0.15, -0.1) is 0 Å². The molecule has 1 aromatic heterocycles. The molecule has 0 aromatic carbocycles. The number of nitrogens with zero attached hydrogens (tertiary/aromatic N) is 1. The number of methoxy groups -OCH3 is 1. The van der Waals surface area contributed by atoms with Gasteiger partial charge in [-0.2, -0.15) is 0 Å². The first-order chi connectivity index (χ1) is 10.4. The fourth-order valence-corrected chi connectivity index (χ4v) is 1.63. The maximum Gasteiger partial charge on any atom is 0.0889 e. The maximum atomic E-state index is 5.52. The number of pyridine rings is 1. The standard InChI is InChI=1S/C15H26N2O4/c1-3-16-14-4-5-17-15(12-14)13-21-11-10-20-9-8-19-7-6-18-2/h4-5,12H,3,6-11,13H2,1-2H3,(H,16,17). The second kappa shape index (κ2) is 12.5. The average Bonchev–Trinajstić information content (AvgIpc) is 2.50. The molecular formula is C15H26N2O4. The van der Waals surface area contributed by atoms with Crippen LogP contribution in [0.3, 0.4) is 0 Å². The van der Waals surface area contributed by atoms with Gasteiger partial charge in [-0.25, -0.2) is 0 Å². The largest absolute Gasteiger partial charge is 0.385 e. The Morgan fingerprint density at radius 1 is 1.00 bits per heavy atom. The van der Waals surface area contributed by atoms with Crippen molar-refractivity contribution >= 4 is 5.69 Å². The van der Waals surface area contributed by atoms with E-state index in [2.05, 4.69) is 17.2 Å². The van der Waals surface area contributed by atoms with E-state index in [1.54, 1.807) is 13.3 Å². The van der Waals surface area contributed by atoms with Crippen molar-refractivity contribution in [3.8, 4) is 0 Å². The molecule has 0 atom stereocenters. The average molecular weight is 298 g/mol. The Kier molecular flexibility index (Phi) is 10.6. The maximum absolute atomic E-state index is 5.52. The molecule has 0 saturated heterocycles. The summed E-state index contributed by atoms with van der Waals surface area (Å²) in [6.07, 6.45) is 1.78. The normalized spacial score (nSPS) is 10.8. The summed E-state index contributed by atoms with van der Waals surface area (Å²) in [6, 6.07) is 3.94. The SMILES string of the molecule is CCNc1ccnc(COCCOCCOCCOC)c1. The lowest BCUT2D eigenvalue weighted by molar-refractivity contribution is 0.000474. The Morgan fingerprint density at radius 2 is 1.67 bits per heavy atom. The predicted molar refractivity (Wildman–Crippen MR) is 81.6 cm³/mol. The molecule has 6 heteroatoms. The minimum absolute atomic E-state index is 0.493. The molecule has 1 aromatic rings. The highest BCUT2D eigenvalue weighted by atomic mass is 16.6. The number of anilines is 1. The molecule has 1 rings (SSSR count). The third kappa shape index (κ3) is 9.36. The lowest BCUT2D eigenvalue weighted by Gasteiger charge is -2.08. The molecule has 0 fully saturated rings. The lowest BCUT2D eigenvalue weighted by Crippen LogP contribution is -2.11. The van der Waals surface area contributed by atoms with Gasteiger partial charge in [-0.3, -0.25) is 4.98 Å². The number of nitrogens with one attached hydrogen (secondary N) is 1.